The van der Waals surface area contributed by atoms with E-state index in [4.69, 9.17) is 15.0 Å². The number of hydrogen-bond donors (Lipinski definition) is 2. The number of carboxylic acids is 1. The second kappa shape index (κ2) is 8.90. The Bertz CT molecular complexity index is 116. The van der Waals surface area contributed by atoms with E-state index in [1.807, 2.05) is 0 Å². The molecule has 0 heterocycles. The molecule has 0 radical (unpaired) electrons. The summed E-state index contributed by atoms with van der Waals surface area (Å²) in [6, 6.07) is 0. The monoisotopic (exact) mass is 164 g/mol. The summed E-state index contributed by atoms with van der Waals surface area (Å²) >= 11 is 0. The number of aliphatic hydroxyl groups is 1. The highest BCUT2D eigenvalue weighted by atomic mass is 16.5. The number of aliphatic hydroxyl groups excluding tert-OH is 1. The molecule has 5 nitrogen and oxygen atoms in total. The molecule has 66 valence electrons. The standard InChI is InChI=1S/C4H8O3.C2H4O2/c1-2-7-4(6)3-5;1-2(3)4/h5H,2-3H2,1H3;1H3,(H,3,4). The van der Waals surface area contributed by atoms with Crippen LogP contribution in [0.3, 0.4) is 0 Å². The van der Waals surface area contributed by atoms with Gasteiger partial charge in [-0.15, -0.1) is 0 Å². The molecule has 0 aliphatic rings. The highest BCUT2D eigenvalue weighted by molar-refractivity contribution is 5.70. The van der Waals surface area contributed by atoms with Gasteiger partial charge in [-0.25, -0.2) is 4.79 Å². The van der Waals surface area contributed by atoms with E-state index >= 15 is 0 Å². The Hall–Kier alpha value is -1.10. The molecule has 0 aromatic carbocycles. The summed E-state index contributed by atoms with van der Waals surface area (Å²) in [7, 11) is 0. The molecule has 0 spiro atoms. The number of esters is 1. The topological polar surface area (TPSA) is 83.8 Å². The van der Waals surface area contributed by atoms with Crippen molar-refractivity contribution in [2.45, 2.75) is 13.8 Å². The van der Waals surface area contributed by atoms with Crippen LogP contribution in [0, 0.1) is 0 Å². The summed E-state index contributed by atoms with van der Waals surface area (Å²) in [6.07, 6.45) is 0. The normalized spacial score (nSPS) is 7.55. The van der Waals surface area contributed by atoms with Crippen molar-refractivity contribution in [3.8, 4) is 0 Å². The van der Waals surface area contributed by atoms with Gasteiger partial charge < -0.3 is 14.9 Å². The van der Waals surface area contributed by atoms with E-state index in [1.54, 1.807) is 6.92 Å². The molecule has 0 unspecified atom stereocenters. The fourth-order valence-corrected chi connectivity index (χ4v) is 0.207. The molecule has 0 fully saturated rings. The minimum Gasteiger partial charge on any atom is -0.481 e. The van der Waals surface area contributed by atoms with Crippen LogP contribution in [0.2, 0.25) is 0 Å². The third-order valence-electron chi connectivity index (χ3n) is 0.434. The predicted octanol–water partition coefficient (Wildman–Crippen LogP) is -0.367. The maximum atomic E-state index is 9.94. The first-order valence-electron chi connectivity index (χ1n) is 3.00. The number of carbonyl (C=O) groups is 2. The lowest BCUT2D eigenvalue weighted by Gasteiger charge is -1.93. The van der Waals surface area contributed by atoms with Crippen LogP contribution in [0.25, 0.3) is 0 Å². The van der Waals surface area contributed by atoms with Crippen LogP contribution in [0.15, 0.2) is 0 Å². The first kappa shape index (κ1) is 12.6. The summed E-state index contributed by atoms with van der Waals surface area (Å²) in [6.45, 7) is 2.58. The zero-order valence-electron chi connectivity index (χ0n) is 6.53. The Morgan fingerprint density at radius 3 is 1.91 bits per heavy atom. The fraction of sp³-hybridized carbons (Fsp3) is 0.667. The van der Waals surface area contributed by atoms with Crippen LogP contribution in [-0.4, -0.2) is 35.4 Å². The van der Waals surface area contributed by atoms with Gasteiger partial charge in [0.05, 0.1) is 6.61 Å². The molecule has 0 aromatic heterocycles. The van der Waals surface area contributed by atoms with Gasteiger partial charge in [0.1, 0.15) is 6.61 Å². The molecule has 11 heavy (non-hydrogen) atoms. The number of ether oxygens (including phenoxy) is 1. The average Bonchev–Trinajstić information content (AvgIpc) is 1.87. The maximum Gasteiger partial charge on any atom is 0.331 e. The fourth-order valence-electron chi connectivity index (χ4n) is 0.207. The summed E-state index contributed by atoms with van der Waals surface area (Å²) in [5, 5.41) is 15.4. The Morgan fingerprint density at radius 1 is 1.45 bits per heavy atom. The number of carboxylic acid groups (broad SMARTS) is 1. The Balaban J connectivity index is 0. The summed E-state index contributed by atoms with van der Waals surface area (Å²) in [5.74, 6) is -1.40. The molecule has 0 saturated carbocycles. The lowest BCUT2D eigenvalue weighted by molar-refractivity contribution is -0.146. The van der Waals surface area contributed by atoms with Crippen molar-refractivity contribution in [2.24, 2.45) is 0 Å². The molecule has 2 N–H and O–H groups in total. The summed E-state index contributed by atoms with van der Waals surface area (Å²) in [4.78, 5) is 18.9. The number of aliphatic carboxylic acids is 1. The molecule has 0 aliphatic carbocycles. The molecule has 0 saturated heterocycles. The lowest BCUT2D eigenvalue weighted by atomic mass is 10.7. The van der Waals surface area contributed by atoms with Gasteiger partial charge in [-0.1, -0.05) is 0 Å². The van der Waals surface area contributed by atoms with Crippen molar-refractivity contribution in [1.82, 2.24) is 0 Å². The van der Waals surface area contributed by atoms with E-state index < -0.39 is 18.5 Å². The van der Waals surface area contributed by atoms with Gasteiger partial charge in [0.15, 0.2) is 0 Å². The molecule has 0 aromatic rings. The van der Waals surface area contributed by atoms with E-state index in [-0.39, 0.29) is 0 Å². The van der Waals surface area contributed by atoms with E-state index in [0.717, 1.165) is 6.92 Å². The second-order valence-electron chi connectivity index (χ2n) is 1.48. The molecule has 5 heteroatoms. The Kier molecular flexibility index (Phi) is 10.2. The first-order valence-corrected chi connectivity index (χ1v) is 3.00. The Labute approximate surface area is 64.6 Å². The van der Waals surface area contributed by atoms with Gasteiger partial charge >= 0.3 is 5.97 Å². The van der Waals surface area contributed by atoms with Crippen LogP contribution in [0.4, 0.5) is 0 Å². The Morgan fingerprint density at radius 2 is 1.82 bits per heavy atom. The SMILES string of the molecule is CC(=O)O.CCOC(=O)CO. The largest absolute Gasteiger partial charge is 0.481 e. The summed E-state index contributed by atoms with van der Waals surface area (Å²) in [5.41, 5.74) is 0. The van der Waals surface area contributed by atoms with E-state index in [2.05, 4.69) is 4.74 Å². The molecule has 0 aliphatic heterocycles. The quantitative estimate of drug-likeness (QED) is 0.544. The number of rotatable bonds is 2. The maximum absolute atomic E-state index is 9.94. The van der Waals surface area contributed by atoms with Crippen LogP contribution < -0.4 is 0 Å². The molecule has 0 amide bonds. The van der Waals surface area contributed by atoms with Crippen LogP contribution in [-0.2, 0) is 14.3 Å². The van der Waals surface area contributed by atoms with Gasteiger partial charge in [0.25, 0.3) is 5.97 Å². The molecular weight excluding hydrogens is 152 g/mol. The van der Waals surface area contributed by atoms with Crippen LogP contribution >= 0.6 is 0 Å². The zero-order chi connectivity index (χ0) is 9.28. The third kappa shape index (κ3) is 27.9. The van der Waals surface area contributed by atoms with Gasteiger partial charge in [-0.2, -0.15) is 0 Å². The molecule has 0 bridgehead atoms. The molecular formula is C6H12O5. The summed E-state index contributed by atoms with van der Waals surface area (Å²) < 4.78 is 4.30. The van der Waals surface area contributed by atoms with Gasteiger partial charge in [0, 0.05) is 6.92 Å². The van der Waals surface area contributed by atoms with Gasteiger partial charge in [-0.05, 0) is 6.92 Å². The van der Waals surface area contributed by atoms with Gasteiger partial charge in [0.2, 0.25) is 0 Å². The van der Waals surface area contributed by atoms with Crippen molar-refractivity contribution in [3.63, 3.8) is 0 Å². The average molecular weight is 164 g/mol. The van der Waals surface area contributed by atoms with Crippen molar-refractivity contribution >= 4 is 11.9 Å². The molecule has 0 rings (SSSR count). The van der Waals surface area contributed by atoms with E-state index in [1.165, 1.54) is 0 Å². The minimum atomic E-state index is -0.833. The lowest BCUT2D eigenvalue weighted by Crippen LogP contribution is -2.07. The number of carbonyl (C=O) groups excluding carboxylic acids is 1. The van der Waals surface area contributed by atoms with Crippen molar-refractivity contribution in [3.05, 3.63) is 0 Å². The third-order valence-corrected chi connectivity index (χ3v) is 0.434. The second-order valence-corrected chi connectivity index (χ2v) is 1.48. The van der Waals surface area contributed by atoms with Crippen LogP contribution in [0.5, 0.6) is 0 Å². The smallest absolute Gasteiger partial charge is 0.331 e. The number of hydrogen-bond acceptors (Lipinski definition) is 4. The van der Waals surface area contributed by atoms with E-state index in [0.29, 0.717) is 6.61 Å². The molecule has 0 atom stereocenters. The highest BCUT2D eigenvalue weighted by Crippen LogP contribution is 1.71. The van der Waals surface area contributed by atoms with Crippen molar-refractivity contribution in [1.29, 1.82) is 0 Å². The first-order chi connectivity index (χ1) is 5.04. The van der Waals surface area contributed by atoms with Crippen molar-refractivity contribution in [2.75, 3.05) is 13.2 Å². The minimum absolute atomic E-state index is 0.333. The van der Waals surface area contributed by atoms with Crippen LogP contribution in [0.1, 0.15) is 13.8 Å². The van der Waals surface area contributed by atoms with Crippen molar-refractivity contribution < 1.29 is 24.5 Å². The van der Waals surface area contributed by atoms with E-state index in [9.17, 15) is 4.79 Å². The zero-order valence-corrected chi connectivity index (χ0v) is 6.53. The predicted molar refractivity (Wildman–Crippen MR) is 37.0 cm³/mol. The van der Waals surface area contributed by atoms with Gasteiger partial charge in [-0.3, -0.25) is 4.79 Å². The highest BCUT2D eigenvalue weighted by Gasteiger charge is 1.92.